The van der Waals surface area contributed by atoms with E-state index >= 15 is 0 Å². The number of nitrogens with one attached hydrogen (secondary N) is 1. The van der Waals surface area contributed by atoms with Crippen LogP contribution in [0.5, 0.6) is 11.5 Å². The number of aliphatic carboxylic acids is 1. The van der Waals surface area contributed by atoms with Crippen LogP contribution in [0.4, 0.5) is 0 Å². The molecule has 1 heterocycles. The molecule has 0 aromatic heterocycles. The summed E-state index contributed by atoms with van der Waals surface area (Å²) in [5, 5.41) is 11.6. The first kappa shape index (κ1) is 13.2. The van der Waals surface area contributed by atoms with Crippen LogP contribution in [0.2, 0.25) is 0 Å². The van der Waals surface area contributed by atoms with Crippen molar-refractivity contribution in [2.75, 3.05) is 13.2 Å². The minimum Gasteiger partial charge on any atom is -0.486 e. The van der Waals surface area contributed by atoms with Gasteiger partial charge in [-0.05, 0) is 40.9 Å². The van der Waals surface area contributed by atoms with E-state index in [1.165, 1.54) is 0 Å². The molecule has 1 aromatic rings. The number of carboxylic acids is 1. The third kappa shape index (κ3) is 2.22. The number of ether oxygens (including phenoxy) is 2. The number of carboxylic acid groups (broad SMARTS) is 1. The fourth-order valence-electron chi connectivity index (χ4n) is 2.05. The summed E-state index contributed by atoms with van der Waals surface area (Å²) in [4.78, 5) is 23.2. The van der Waals surface area contributed by atoms with Gasteiger partial charge in [0.2, 0.25) is 0 Å². The zero-order chi connectivity index (χ0) is 14.3. The molecule has 20 heavy (non-hydrogen) atoms. The van der Waals surface area contributed by atoms with Crippen LogP contribution in [0.15, 0.2) is 16.6 Å². The van der Waals surface area contributed by atoms with Crippen LogP contribution in [0, 0.1) is 0 Å². The van der Waals surface area contributed by atoms with E-state index in [1.807, 2.05) is 0 Å². The molecule has 1 fully saturated rings. The van der Waals surface area contributed by atoms with Gasteiger partial charge in [-0.1, -0.05) is 0 Å². The topological polar surface area (TPSA) is 84.9 Å². The third-order valence-electron chi connectivity index (χ3n) is 3.37. The van der Waals surface area contributed by atoms with Gasteiger partial charge in [0.15, 0.2) is 11.5 Å². The van der Waals surface area contributed by atoms with Crippen molar-refractivity contribution in [3.8, 4) is 11.5 Å². The SMILES string of the molecule is O=C(NC1(C(=O)O)CC1)c1cc(Br)c2c(c1)OCCO2. The molecular weight excluding hydrogens is 330 g/mol. The molecule has 0 bridgehead atoms. The quantitative estimate of drug-likeness (QED) is 0.871. The fourth-order valence-corrected chi connectivity index (χ4v) is 2.61. The maximum Gasteiger partial charge on any atom is 0.329 e. The number of fused-ring (bicyclic) bond motifs is 1. The van der Waals surface area contributed by atoms with E-state index in [0.717, 1.165) is 0 Å². The van der Waals surface area contributed by atoms with Crippen LogP contribution in [-0.4, -0.2) is 35.7 Å². The van der Waals surface area contributed by atoms with Crippen LogP contribution in [0.1, 0.15) is 23.2 Å². The molecule has 1 saturated carbocycles. The molecule has 1 aliphatic heterocycles. The molecule has 3 rings (SSSR count). The van der Waals surface area contributed by atoms with Crippen LogP contribution in [-0.2, 0) is 4.79 Å². The van der Waals surface area contributed by atoms with Gasteiger partial charge >= 0.3 is 5.97 Å². The predicted octanol–water partition coefficient (Wildman–Crippen LogP) is 1.57. The molecule has 0 atom stereocenters. The second kappa shape index (κ2) is 4.66. The highest BCUT2D eigenvalue weighted by Gasteiger charge is 2.51. The van der Waals surface area contributed by atoms with Crippen LogP contribution < -0.4 is 14.8 Å². The van der Waals surface area contributed by atoms with Gasteiger partial charge in [-0.25, -0.2) is 4.79 Å². The summed E-state index contributed by atoms with van der Waals surface area (Å²) < 4.78 is 11.5. The Morgan fingerprint density at radius 1 is 1.25 bits per heavy atom. The van der Waals surface area contributed by atoms with Crippen molar-refractivity contribution in [2.45, 2.75) is 18.4 Å². The standard InChI is InChI=1S/C13H12BrNO5/c14-8-5-7(6-9-10(8)20-4-3-19-9)11(16)15-13(1-2-13)12(17)18/h5-6H,1-4H2,(H,15,16)(H,17,18). The average Bonchev–Trinajstić information content (AvgIpc) is 3.19. The van der Waals surface area contributed by atoms with Gasteiger partial charge < -0.3 is 19.9 Å². The highest BCUT2D eigenvalue weighted by molar-refractivity contribution is 9.10. The lowest BCUT2D eigenvalue weighted by atomic mass is 10.1. The first-order chi connectivity index (χ1) is 9.52. The zero-order valence-electron chi connectivity index (χ0n) is 10.4. The highest BCUT2D eigenvalue weighted by Crippen LogP contribution is 2.39. The van der Waals surface area contributed by atoms with Gasteiger partial charge in [-0.2, -0.15) is 0 Å². The van der Waals surface area contributed by atoms with E-state index in [4.69, 9.17) is 14.6 Å². The van der Waals surface area contributed by atoms with Gasteiger partial charge in [0.05, 0.1) is 4.47 Å². The van der Waals surface area contributed by atoms with Crippen LogP contribution in [0.3, 0.4) is 0 Å². The molecule has 1 aliphatic carbocycles. The number of amides is 1. The first-order valence-corrected chi connectivity index (χ1v) is 6.96. The molecular formula is C13H12BrNO5. The largest absolute Gasteiger partial charge is 0.486 e. The van der Waals surface area contributed by atoms with Gasteiger partial charge in [0.25, 0.3) is 5.91 Å². The minimum atomic E-state index is -1.10. The van der Waals surface area contributed by atoms with Crippen molar-refractivity contribution in [3.63, 3.8) is 0 Å². The summed E-state index contributed by atoms with van der Waals surface area (Å²) in [6.07, 6.45) is 0.916. The zero-order valence-corrected chi connectivity index (χ0v) is 12.0. The lowest BCUT2D eigenvalue weighted by molar-refractivity contribution is -0.140. The molecule has 1 aromatic carbocycles. The van der Waals surface area contributed by atoms with Crippen molar-refractivity contribution < 1.29 is 24.2 Å². The summed E-state index contributed by atoms with van der Waals surface area (Å²) >= 11 is 3.32. The molecule has 2 aliphatic rings. The molecule has 6 nitrogen and oxygen atoms in total. The third-order valence-corrected chi connectivity index (χ3v) is 3.96. The molecule has 7 heteroatoms. The Morgan fingerprint density at radius 2 is 1.95 bits per heavy atom. The van der Waals surface area contributed by atoms with Crippen molar-refractivity contribution in [3.05, 3.63) is 22.2 Å². The van der Waals surface area contributed by atoms with Crippen molar-refractivity contribution >= 4 is 27.8 Å². The van der Waals surface area contributed by atoms with E-state index in [0.29, 0.717) is 47.6 Å². The summed E-state index contributed by atoms with van der Waals surface area (Å²) in [7, 11) is 0. The van der Waals surface area contributed by atoms with Crippen molar-refractivity contribution in [1.29, 1.82) is 0 Å². The normalized spacial score (nSPS) is 18.2. The van der Waals surface area contributed by atoms with Crippen LogP contribution >= 0.6 is 15.9 Å². The highest BCUT2D eigenvalue weighted by atomic mass is 79.9. The van der Waals surface area contributed by atoms with Crippen molar-refractivity contribution in [2.24, 2.45) is 0 Å². The Hall–Kier alpha value is -1.76. The van der Waals surface area contributed by atoms with E-state index in [2.05, 4.69) is 21.2 Å². The van der Waals surface area contributed by atoms with Gasteiger partial charge in [-0.3, -0.25) is 4.79 Å². The molecule has 0 saturated heterocycles. The number of carbonyl (C=O) groups excluding carboxylic acids is 1. The lowest BCUT2D eigenvalue weighted by Gasteiger charge is -2.20. The van der Waals surface area contributed by atoms with E-state index in [1.54, 1.807) is 12.1 Å². The number of benzene rings is 1. The molecule has 0 unspecified atom stereocenters. The minimum absolute atomic E-state index is 0.341. The Kier molecular flexibility index (Phi) is 3.08. The Morgan fingerprint density at radius 3 is 2.60 bits per heavy atom. The summed E-state index contributed by atoms with van der Waals surface area (Å²) in [5.74, 6) is -0.381. The van der Waals surface area contributed by atoms with E-state index < -0.39 is 17.4 Å². The molecule has 106 valence electrons. The first-order valence-electron chi connectivity index (χ1n) is 6.17. The summed E-state index contributed by atoms with van der Waals surface area (Å²) in [6.45, 7) is 0.878. The number of hydrogen-bond acceptors (Lipinski definition) is 4. The van der Waals surface area contributed by atoms with Crippen LogP contribution in [0.25, 0.3) is 0 Å². The smallest absolute Gasteiger partial charge is 0.329 e. The maximum absolute atomic E-state index is 12.2. The fraction of sp³-hybridized carbons (Fsp3) is 0.385. The second-order valence-electron chi connectivity index (χ2n) is 4.82. The Balaban J connectivity index is 1.85. The predicted molar refractivity (Wildman–Crippen MR) is 72.2 cm³/mol. The second-order valence-corrected chi connectivity index (χ2v) is 5.68. The molecule has 2 N–H and O–H groups in total. The average molecular weight is 342 g/mol. The Labute approximate surface area is 123 Å². The van der Waals surface area contributed by atoms with E-state index in [9.17, 15) is 9.59 Å². The van der Waals surface area contributed by atoms with Gasteiger partial charge in [0, 0.05) is 5.56 Å². The lowest BCUT2D eigenvalue weighted by Crippen LogP contribution is -2.43. The monoisotopic (exact) mass is 341 g/mol. The number of hydrogen-bond donors (Lipinski definition) is 2. The summed E-state index contributed by atoms with van der Waals surface area (Å²) in [5.41, 5.74) is -0.759. The molecule has 0 spiro atoms. The van der Waals surface area contributed by atoms with Gasteiger partial charge in [-0.15, -0.1) is 0 Å². The van der Waals surface area contributed by atoms with Crippen molar-refractivity contribution in [1.82, 2.24) is 5.32 Å². The molecule has 1 amide bonds. The molecule has 0 radical (unpaired) electrons. The van der Waals surface area contributed by atoms with Gasteiger partial charge in [0.1, 0.15) is 18.8 Å². The Bertz CT molecular complexity index is 597. The number of halogens is 1. The maximum atomic E-state index is 12.2. The number of carbonyl (C=O) groups is 2. The van der Waals surface area contributed by atoms with E-state index in [-0.39, 0.29) is 0 Å². The number of rotatable bonds is 3. The summed E-state index contributed by atoms with van der Waals surface area (Å²) in [6, 6.07) is 3.16.